The Kier molecular flexibility index (Phi) is 5.48. The first-order valence-electron chi connectivity index (χ1n) is 8.16. The number of carbonyl (C=O) groups is 1. The molecule has 3 aromatic rings. The van der Waals surface area contributed by atoms with E-state index in [2.05, 4.69) is 10.3 Å². The maximum absolute atomic E-state index is 12.1. The van der Waals surface area contributed by atoms with Crippen LogP contribution in [0.25, 0.3) is 0 Å². The molecule has 0 saturated carbocycles. The number of rotatable bonds is 6. The predicted octanol–water partition coefficient (Wildman–Crippen LogP) is 3.74. The predicted molar refractivity (Wildman–Crippen MR) is 102 cm³/mol. The van der Waals surface area contributed by atoms with Crippen LogP contribution in [0.5, 0.6) is 11.6 Å². The van der Waals surface area contributed by atoms with Crippen molar-refractivity contribution < 1.29 is 9.53 Å². The minimum absolute atomic E-state index is 0.0467. The molecule has 1 aromatic carbocycles. The largest absolute Gasteiger partial charge is 0.439 e. The number of pyridine rings is 1. The summed E-state index contributed by atoms with van der Waals surface area (Å²) < 4.78 is 7.25. The van der Waals surface area contributed by atoms with E-state index in [4.69, 9.17) is 4.74 Å². The first-order chi connectivity index (χ1) is 12.5. The quantitative estimate of drug-likeness (QED) is 0.718. The van der Waals surface area contributed by atoms with Crippen molar-refractivity contribution in [2.75, 3.05) is 5.32 Å². The average Bonchev–Trinajstić information content (AvgIpc) is 2.95. The molecule has 2 aromatic heterocycles. The van der Waals surface area contributed by atoms with E-state index in [1.807, 2.05) is 38.1 Å². The zero-order valence-corrected chi connectivity index (χ0v) is 15.4. The van der Waals surface area contributed by atoms with Gasteiger partial charge in [0.15, 0.2) is 0 Å². The van der Waals surface area contributed by atoms with Gasteiger partial charge in [-0.2, -0.15) is 0 Å². The fourth-order valence-corrected chi connectivity index (χ4v) is 3.11. The second-order valence-electron chi connectivity index (χ2n) is 5.89. The highest BCUT2D eigenvalue weighted by Crippen LogP contribution is 2.20. The number of anilines is 1. The van der Waals surface area contributed by atoms with E-state index in [1.54, 1.807) is 28.3 Å². The Morgan fingerprint density at radius 1 is 1.19 bits per heavy atom. The van der Waals surface area contributed by atoms with Gasteiger partial charge in [0.2, 0.25) is 11.8 Å². The fraction of sp³-hybridized carbons (Fsp3) is 0.211. The van der Waals surface area contributed by atoms with Gasteiger partial charge in [-0.05, 0) is 32.0 Å². The SMILES string of the molecule is Cc1ccc(Oc2ccc(NC(=O)CCn3c(C)csc3=O)cn2)cc1. The molecule has 1 amide bonds. The number of aryl methyl sites for hydroxylation is 2. The summed E-state index contributed by atoms with van der Waals surface area (Å²) in [7, 11) is 0. The van der Waals surface area contributed by atoms with Crippen LogP contribution in [0.3, 0.4) is 0 Å². The lowest BCUT2D eigenvalue weighted by molar-refractivity contribution is -0.116. The van der Waals surface area contributed by atoms with Crippen molar-refractivity contribution in [2.45, 2.75) is 26.8 Å². The van der Waals surface area contributed by atoms with Gasteiger partial charge in [0.05, 0.1) is 11.9 Å². The Bertz CT molecular complexity index is 943. The Labute approximate surface area is 155 Å². The first-order valence-corrected chi connectivity index (χ1v) is 9.04. The van der Waals surface area contributed by atoms with Crippen molar-refractivity contribution in [1.29, 1.82) is 0 Å². The van der Waals surface area contributed by atoms with Crippen LogP contribution in [-0.2, 0) is 11.3 Å². The summed E-state index contributed by atoms with van der Waals surface area (Å²) in [6, 6.07) is 11.1. The van der Waals surface area contributed by atoms with E-state index < -0.39 is 0 Å². The standard InChI is InChI=1S/C19H19N3O3S/c1-13-3-6-16(7-4-13)25-18-8-5-15(11-20-18)21-17(23)9-10-22-14(2)12-26-19(22)24/h3-8,11-12H,9-10H2,1-2H3,(H,21,23). The molecule has 0 unspecified atom stereocenters. The van der Waals surface area contributed by atoms with Crippen LogP contribution in [0.4, 0.5) is 5.69 Å². The Morgan fingerprint density at radius 3 is 2.58 bits per heavy atom. The number of aromatic nitrogens is 2. The second kappa shape index (κ2) is 7.97. The number of hydrogen-bond acceptors (Lipinski definition) is 5. The van der Waals surface area contributed by atoms with E-state index in [-0.39, 0.29) is 17.2 Å². The first kappa shape index (κ1) is 17.9. The van der Waals surface area contributed by atoms with E-state index in [0.717, 1.165) is 22.6 Å². The lowest BCUT2D eigenvalue weighted by Crippen LogP contribution is -2.20. The van der Waals surface area contributed by atoms with Crippen LogP contribution in [0.2, 0.25) is 0 Å². The summed E-state index contributed by atoms with van der Waals surface area (Å²) in [4.78, 5) is 27.8. The van der Waals surface area contributed by atoms with Crippen molar-refractivity contribution >= 4 is 22.9 Å². The van der Waals surface area contributed by atoms with Crippen LogP contribution in [-0.4, -0.2) is 15.5 Å². The van der Waals surface area contributed by atoms with Gasteiger partial charge in [0.25, 0.3) is 0 Å². The Balaban J connectivity index is 1.54. The lowest BCUT2D eigenvalue weighted by atomic mass is 10.2. The van der Waals surface area contributed by atoms with Gasteiger partial charge in [0.1, 0.15) is 5.75 Å². The topological polar surface area (TPSA) is 73.2 Å². The molecule has 0 aliphatic heterocycles. The second-order valence-corrected chi connectivity index (χ2v) is 6.71. The van der Waals surface area contributed by atoms with Crippen LogP contribution in [0, 0.1) is 13.8 Å². The number of thiazole rings is 1. The maximum Gasteiger partial charge on any atom is 0.307 e. The van der Waals surface area contributed by atoms with Crippen LogP contribution in [0.15, 0.2) is 52.8 Å². The molecule has 0 bridgehead atoms. The number of benzene rings is 1. The van der Waals surface area contributed by atoms with Crippen molar-refractivity contribution in [3.63, 3.8) is 0 Å². The van der Waals surface area contributed by atoms with Gasteiger partial charge in [0, 0.05) is 30.1 Å². The molecule has 0 aliphatic carbocycles. The van der Waals surface area contributed by atoms with Crippen LogP contribution < -0.4 is 14.9 Å². The molecule has 0 saturated heterocycles. The van der Waals surface area contributed by atoms with Crippen LogP contribution in [0.1, 0.15) is 17.7 Å². The van der Waals surface area contributed by atoms with Crippen molar-refractivity contribution in [3.05, 3.63) is 68.9 Å². The number of carbonyl (C=O) groups excluding carboxylic acids is 1. The summed E-state index contributed by atoms with van der Waals surface area (Å²) >= 11 is 1.14. The molecule has 0 aliphatic rings. The highest BCUT2D eigenvalue weighted by atomic mass is 32.1. The molecule has 0 atom stereocenters. The van der Waals surface area contributed by atoms with E-state index in [0.29, 0.717) is 23.9 Å². The fourth-order valence-electron chi connectivity index (χ4n) is 2.35. The number of ether oxygens (including phenoxy) is 1. The van der Waals surface area contributed by atoms with E-state index >= 15 is 0 Å². The summed E-state index contributed by atoms with van der Waals surface area (Å²) in [5.74, 6) is 0.986. The molecular weight excluding hydrogens is 350 g/mol. The van der Waals surface area contributed by atoms with Gasteiger partial charge in [-0.15, -0.1) is 0 Å². The Morgan fingerprint density at radius 2 is 1.96 bits per heavy atom. The number of nitrogens with zero attached hydrogens (tertiary/aromatic N) is 2. The van der Waals surface area contributed by atoms with Gasteiger partial charge in [-0.1, -0.05) is 29.0 Å². The summed E-state index contributed by atoms with van der Waals surface area (Å²) in [5.41, 5.74) is 2.61. The van der Waals surface area contributed by atoms with Gasteiger partial charge < -0.3 is 14.6 Å². The molecule has 0 radical (unpaired) electrons. The average molecular weight is 369 g/mol. The van der Waals surface area contributed by atoms with E-state index in [9.17, 15) is 9.59 Å². The normalized spacial score (nSPS) is 10.5. The zero-order valence-electron chi connectivity index (χ0n) is 14.6. The van der Waals surface area contributed by atoms with Crippen molar-refractivity contribution in [1.82, 2.24) is 9.55 Å². The lowest BCUT2D eigenvalue weighted by Gasteiger charge is -2.08. The maximum atomic E-state index is 12.1. The Hall–Kier alpha value is -2.93. The molecule has 6 nitrogen and oxygen atoms in total. The molecule has 0 fully saturated rings. The van der Waals surface area contributed by atoms with Gasteiger partial charge in [-0.25, -0.2) is 4.98 Å². The minimum atomic E-state index is -0.170. The molecule has 134 valence electrons. The monoisotopic (exact) mass is 369 g/mol. The molecular formula is C19H19N3O3S. The highest BCUT2D eigenvalue weighted by Gasteiger charge is 2.07. The van der Waals surface area contributed by atoms with Crippen molar-refractivity contribution in [3.8, 4) is 11.6 Å². The molecule has 1 N–H and O–H groups in total. The molecule has 2 heterocycles. The molecule has 3 rings (SSSR count). The summed E-state index contributed by atoms with van der Waals surface area (Å²) in [5, 5.41) is 4.56. The molecule has 7 heteroatoms. The smallest absolute Gasteiger partial charge is 0.307 e. The zero-order chi connectivity index (χ0) is 18.5. The third kappa shape index (κ3) is 4.58. The molecule has 0 spiro atoms. The number of amides is 1. The number of hydrogen-bond donors (Lipinski definition) is 1. The van der Waals surface area contributed by atoms with Crippen LogP contribution >= 0.6 is 11.3 Å². The summed E-state index contributed by atoms with van der Waals surface area (Å²) in [6.45, 7) is 4.23. The summed E-state index contributed by atoms with van der Waals surface area (Å²) in [6.07, 6.45) is 1.77. The van der Waals surface area contributed by atoms with E-state index in [1.165, 1.54) is 0 Å². The third-order valence-electron chi connectivity index (χ3n) is 3.80. The van der Waals surface area contributed by atoms with Crippen molar-refractivity contribution in [2.24, 2.45) is 0 Å². The van der Waals surface area contributed by atoms with Gasteiger partial charge in [-0.3, -0.25) is 9.59 Å². The highest BCUT2D eigenvalue weighted by molar-refractivity contribution is 7.07. The number of nitrogens with one attached hydrogen (secondary N) is 1. The third-order valence-corrected chi connectivity index (χ3v) is 4.68. The molecule has 26 heavy (non-hydrogen) atoms. The minimum Gasteiger partial charge on any atom is -0.439 e. The van der Waals surface area contributed by atoms with Gasteiger partial charge >= 0.3 is 4.87 Å².